The van der Waals surface area contributed by atoms with Gasteiger partial charge in [-0.25, -0.2) is 9.18 Å². The molecule has 0 saturated heterocycles. The van der Waals surface area contributed by atoms with Crippen molar-refractivity contribution in [3.8, 4) is 33.7 Å². The third-order valence-corrected chi connectivity index (χ3v) is 5.11. The van der Waals surface area contributed by atoms with Crippen molar-refractivity contribution in [2.75, 3.05) is 21.0 Å². The van der Waals surface area contributed by atoms with Crippen molar-refractivity contribution >= 4 is 5.97 Å². The van der Waals surface area contributed by atoms with E-state index in [-0.39, 0.29) is 12.4 Å². The number of hydrogen-bond donors (Lipinski definition) is 0. The first kappa shape index (κ1) is 22.4. The number of aromatic nitrogens is 1. The van der Waals surface area contributed by atoms with Gasteiger partial charge in [-0.1, -0.05) is 53.7 Å². The highest BCUT2D eigenvalue weighted by molar-refractivity contribution is 5.90. The summed E-state index contributed by atoms with van der Waals surface area (Å²) in [7, 11) is 2.78. The Bertz CT molecular complexity index is 1250. The minimum Gasteiger partial charge on any atom is -0.465 e. The molecule has 3 aromatic carbocycles. The van der Waals surface area contributed by atoms with Crippen molar-refractivity contribution in [2.24, 2.45) is 0 Å². The lowest BCUT2D eigenvalue weighted by Gasteiger charge is -2.12. The van der Waals surface area contributed by atoms with Crippen molar-refractivity contribution in [3.63, 3.8) is 0 Å². The predicted molar refractivity (Wildman–Crippen MR) is 121 cm³/mol. The van der Waals surface area contributed by atoms with Gasteiger partial charge in [-0.2, -0.15) is 0 Å². The van der Waals surface area contributed by atoms with E-state index in [2.05, 4.69) is 9.89 Å². The van der Waals surface area contributed by atoms with Crippen molar-refractivity contribution in [3.05, 3.63) is 89.7 Å². The second kappa shape index (κ2) is 10.2. The zero-order valence-corrected chi connectivity index (χ0v) is 18.2. The normalized spacial score (nSPS) is 10.9. The molecule has 4 aromatic rings. The molecule has 33 heavy (non-hydrogen) atoms. The Balaban J connectivity index is 1.65. The van der Waals surface area contributed by atoms with Crippen LogP contribution < -0.4 is 0 Å². The van der Waals surface area contributed by atoms with Crippen LogP contribution in [0.5, 0.6) is 0 Å². The molecule has 0 atom stereocenters. The first-order valence-corrected chi connectivity index (χ1v) is 10.2. The van der Waals surface area contributed by atoms with Crippen molar-refractivity contribution in [1.82, 2.24) is 5.16 Å². The number of carbonyl (C=O) groups is 1. The van der Waals surface area contributed by atoms with Crippen LogP contribution in [0, 0.1) is 5.82 Å². The highest BCUT2D eigenvalue weighted by Crippen LogP contribution is 2.32. The molecule has 168 valence electrons. The van der Waals surface area contributed by atoms with Gasteiger partial charge < -0.3 is 18.7 Å². The molecule has 1 heterocycles. The molecule has 7 heteroatoms. The van der Waals surface area contributed by atoms with Crippen LogP contribution in [0.2, 0.25) is 0 Å². The molecule has 0 spiro atoms. The SMILES string of the molecule is COCOCc1cc(-c2cc(-c3ccc(C(=O)OC)c(F)c3)no2)ccc1-c1ccccc1. The van der Waals surface area contributed by atoms with Crippen molar-refractivity contribution in [1.29, 1.82) is 0 Å². The highest BCUT2D eigenvalue weighted by Gasteiger charge is 2.16. The number of rotatable bonds is 8. The summed E-state index contributed by atoms with van der Waals surface area (Å²) in [6.45, 7) is 0.533. The maximum Gasteiger partial charge on any atom is 0.340 e. The largest absolute Gasteiger partial charge is 0.465 e. The van der Waals surface area contributed by atoms with Crippen molar-refractivity contribution < 1.29 is 27.9 Å². The maximum absolute atomic E-state index is 14.3. The Kier molecular flexibility index (Phi) is 6.92. The maximum atomic E-state index is 14.3. The van der Waals surface area contributed by atoms with E-state index in [4.69, 9.17) is 14.0 Å². The summed E-state index contributed by atoms with van der Waals surface area (Å²) in [5, 5.41) is 4.08. The molecule has 6 nitrogen and oxygen atoms in total. The average Bonchev–Trinajstić information content (AvgIpc) is 3.34. The second-order valence-electron chi connectivity index (χ2n) is 7.26. The Morgan fingerprint density at radius 1 is 0.939 bits per heavy atom. The van der Waals surface area contributed by atoms with E-state index >= 15 is 0 Å². The zero-order chi connectivity index (χ0) is 23.2. The van der Waals surface area contributed by atoms with E-state index in [0.29, 0.717) is 23.6 Å². The van der Waals surface area contributed by atoms with E-state index < -0.39 is 11.8 Å². The lowest BCUT2D eigenvalue weighted by Crippen LogP contribution is -2.04. The van der Waals surface area contributed by atoms with Gasteiger partial charge in [-0.3, -0.25) is 0 Å². The number of methoxy groups -OCH3 is 2. The van der Waals surface area contributed by atoms with Crippen LogP contribution in [-0.4, -0.2) is 32.1 Å². The number of carbonyl (C=O) groups excluding carboxylic acids is 1. The minimum atomic E-state index is -0.735. The Labute approximate surface area is 190 Å². The summed E-state index contributed by atoms with van der Waals surface area (Å²) in [6, 6.07) is 21.8. The fourth-order valence-corrected chi connectivity index (χ4v) is 3.50. The summed E-state index contributed by atoms with van der Waals surface area (Å²) in [5.41, 5.74) is 4.67. The van der Waals surface area contributed by atoms with E-state index in [1.54, 1.807) is 19.2 Å². The lowest BCUT2D eigenvalue weighted by atomic mass is 9.97. The molecule has 0 bridgehead atoms. The molecular weight excluding hydrogens is 425 g/mol. The summed E-state index contributed by atoms with van der Waals surface area (Å²) in [4.78, 5) is 11.6. The monoisotopic (exact) mass is 447 g/mol. The molecule has 0 N–H and O–H groups in total. The van der Waals surface area contributed by atoms with Gasteiger partial charge in [0.15, 0.2) is 5.76 Å². The van der Waals surface area contributed by atoms with Crippen molar-refractivity contribution in [2.45, 2.75) is 6.61 Å². The number of nitrogens with zero attached hydrogens (tertiary/aromatic N) is 1. The van der Waals surface area contributed by atoms with Gasteiger partial charge in [-0.15, -0.1) is 0 Å². The fourth-order valence-electron chi connectivity index (χ4n) is 3.50. The van der Waals surface area contributed by atoms with E-state index in [9.17, 15) is 9.18 Å². The third-order valence-electron chi connectivity index (χ3n) is 5.11. The molecule has 4 rings (SSSR count). The third kappa shape index (κ3) is 5.00. The quantitative estimate of drug-likeness (QED) is 0.195. The van der Waals surface area contributed by atoms with Crippen LogP contribution in [0.3, 0.4) is 0 Å². The number of ether oxygens (including phenoxy) is 3. The fraction of sp³-hybridized carbons (Fsp3) is 0.154. The van der Waals surface area contributed by atoms with Crippen LogP contribution in [0.1, 0.15) is 15.9 Å². The summed E-state index contributed by atoms with van der Waals surface area (Å²) in [5.74, 6) is -0.898. The van der Waals surface area contributed by atoms with Crippen LogP contribution in [0.15, 0.2) is 77.3 Å². The molecule has 0 saturated carbocycles. The predicted octanol–water partition coefficient (Wildman–Crippen LogP) is 5.72. The summed E-state index contributed by atoms with van der Waals surface area (Å²) < 4.78 is 35.1. The van der Waals surface area contributed by atoms with Crippen LogP contribution in [0.4, 0.5) is 4.39 Å². The van der Waals surface area contributed by atoms with E-state index in [1.807, 2.05) is 48.5 Å². The van der Waals surface area contributed by atoms with Gasteiger partial charge in [0, 0.05) is 24.3 Å². The summed E-state index contributed by atoms with van der Waals surface area (Å²) in [6.07, 6.45) is 0. The van der Waals surface area contributed by atoms with Gasteiger partial charge >= 0.3 is 5.97 Å². The molecule has 1 aromatic heterocycles. The van der Waals surface area contributed by atoms with Gasteiger partial charge in [-0.05, 0) is 34.9 Å². The van der Waals surface area contributed by atoms with Gasteiger partial charge in [0.2, 0.25) is 0 Å². The molecular formula is C26H22FNO5. The lowest BCUT2D eigenvalue weighted by molar-refractivity contribution is -0.0389. The molecule has 0 amide bonds. The average molecular weight is 447 g/mol. The molecule has 0 aliphatic rings. The standard InChI is InChI=1S/C26H22FNO5/c1-30-16-32-15-20-12-19(9-10-21(20)17-6-4-3-5-7-17)25-14-24(28-33-25)18-8-11-22(23(27)13-18)26(29)31-2/h3-14H,15-16H2,1-2H3. The topological polar surface area (TPSA) is 70.8 Å². The first-order valence-electron chi connectivity index (χ1n) is 10.2. The molecule has 0 aliphatic heterocycles. The molecule has 0 radical (unpaired) electrons. The van der Waals surface area contributed by atoms with E-state index in [1.165, 1.54) is 19.2 Å². The highest BCUT2D eigenvalue weighted by atomic mass is 19.1. The molecule has 0 aliphatic carbocycles. The number of esters is 1. The number of halogens is 1. The Morgan fingerprint density at radius 3 is 2.45 bits per heavy atom. The molecule has 0 fully saturated rings. The summed E-state index contributed by atoms with van der Waals surface area (Å²) >= 11 is 0. The van der Waals surface area contributed by atoms with Gasteiger partial charge in [0.25, 0.3) is 0 Å². The first-order chi connectivity index (χ1) is 16.1. The number of benzene rings is 3. The molecule has 0 unspecified atom stereocenters. The van der Waals surface area contributed by atoms with Crippen LogP contribution in [-0.2, 0) is 20.8 Å². The van der Waals surface area contributed by atoms with Gasteiger partial charge in [0.1, 0.15) is 18.3 Å². The second-order valence-corrected chi connectivity index (χ2v) is 7.26. The Morgan fingerprint density at radius 2 is 1.73 bits per heavy atom. The number of hydrogen-bond acceptors (Lipinski definition) is 6. The van der Waals surface area contributed by atoms with E-state index in [0.717, 1.165) is 22.3 Å². The Hall–Kier alpha value is -3.81. The van der Waals surface area contributed by atoms with Gasteiger partial charge in [0.05, 0.1) is 19.3 Å². The smallest absolute Gasteiger partial charge is 0.340 e. The zero-order valence-electron chi connectivity index (χ0n) is 18.2. The van der Waals surface area contributed by atoms with Crippen LogP contribution in [0.25, 0.3) is 33.7 Å². The minimum absolute atomic E-state index is 0.137. The van der Waals surface area contributed by atoms with Crippen LogP contribution >= 0.6 is 0 Å².